The third kappa shape index (κ3) is 4.08. The van der Waals surface area contributed by atoms with Gasteiger partial charge in [0.25, 0.3) is 5.91 Å². The minimum atomic E-state index is -0.337. The number of furan rings is 1. The van der Waals surface area contributed by atoms with Gasteiger partial charge in [0, 0.05) is 16.9 Å². The van der Waals surface area contributed by atoms with Gasteiger partial charge in [-0.1, -0.05) is 17.7 Å². The summed E-state index contributed by atoms with van der Waals surface area (Å²) in [6, 6.07) is 12.1. The van der Waals surface area contributed by atoms with Gasteiger partial charge in [0.05, 0.1) is 12.8 Å². The number of anilines is 2. The minimum Gasteiger partial charge on any atom is -0.467 e. The van der Waals surface area contributed by atoms with E-state index in [1.54, 1.807) is 36.6 Å². The van der Waals surface area contributed by atoms with Gasteiger partial charge in [-0.05, 0) is 36.4 Å². The first-order chi connectivity index (χ1) is 11.2. The fourth-order valence-electron chi connectivity index (χ4n) is 1.91. The highest BCUT2D eigenvalue weighted by Crippen LogP contribution is 2.15. The number of halogens is 1. The number of carbonyl (C=O) groups excluding carboxylic acids is 1. The molecule has 0 aliphatic rings. The van der Waals surface area contributed by atoms with Crippen LogP contribution in [0.15, 0.2) is 59.3 Å². The number of amides is 1. The number of hydrogen-bond donors (Lipinski definition) is 2. The van der Waals surface area contributed by atoms with Crippen LogP contribution in [-0.4, -0.2) is 15.9 Å². The number of aromatic nitrogens is 2. The number of benzene rings is 1. The van der Waals surface area contributed by atoms with Crippen LogP contribution in [-0.2, 0) is 6.54 Å². The predicted molar refractivity (Wildman–Crippen MR) is 87.5 cm³/mol. The van der Waals surface area contributed by atoms with E-state index in [0.717, 1.165) is 5.76 Å². The summed E-state index contributed by atoms with van der Waals surface area (Å²) < 4.78 is 5.21. The van der Waals surface area contributed by atoms with Gasteiger partial charge in [-0.15, -0.1) is 0 Å². The third-order valence-corrected chi connectivity index (χ3v) is 3.21. The number of hydrogen-bond acceptors (Lipinski definition) is 5. The molecule has 0 atom stereocenters. The molecule has 2 heterocycles. The zero-order chi connectivity index (χ0) is 16.1. The van der Waals surface area contributed by atoms with Gasteiger partial charge in [0.2, 0.25) is 5.95 Å². The summed E-state index contributed by atoms with van der Waals surface area (Å²) in [6.45, 7) is 0.437. The van der Waals surface area contributed by atoms with Gasteiger partial charge in [0.1, 0.15) is 11.5 Å². The second kappa shape index (κ2) is 6.93. The SMILES string of the molecule is O=C(Nc1cccc(Cl)c1)c1ccnc(NCc2ccco2)n1. The van der Waals surface area contributed by atoms with E-state index in [2.05, 4.69) is 20.6 Å². The zero-order valence-electron chi connectivity index (χ0n) is 12.0. The Morgan fingerprint density at radius 3 is 2.91 bits per heavy atom. The van der Waals surface area contributed by atoms with Crippen LogP contribution in [0.25, 0.3) is 0 Å². The van der Waals surface area contributed by atoms with E-state index in [4.69, 9.17) is 16.0 Å². The zero-order valence-corrected chi connectivity index (χ0v) is 12.7. The monoisotopic (exact) mass is 328 g/mol. The van der Waals surface area contributed by atoms with Crippen LogP contribution in [0.1, 0.15) is 16.2 Å². The lowest BCUT2D eigenvalue weighted by atomic mass is 10.3. The highest BCUT2D eigenvalue weighted by molar-refractivity contribution is 6.30. The fourth-order valence-corrected chi connectivity index (χ4v) is 2.10. The molecule has 3 rings (SSSR count). The highest BCUT2D eigenvalue weighted by Gasteiger charge is 2.09. The molecule has 0 fully saturated rings. The summed E-state index contributed by atoms with van der Waals surface area (Å²) in [4.78, 5) is 20.5. The third-order valence-electron chi connectivity index (χ3n) is 2.97. The van der Waals surface area contributed by atoms with E-state index in [1.807, 2.05) is 6.07 Å². The van der Waals surface area contributed by atoms with E-state index in [0.29, 0.717) is 23.2 Å². The molecule has 1 aromatic carbocycles. The summed E-state index contributed by atoms with van der Waals surface area (Å²) in [5, 5.41) is 6.28. The summed E-state index contributed by atoms with van der Waals surface area (Å²) in [6.07, 6.45) is 3.11. The molecule has 2 aromatic heterocycles. The largest absolute Gasteiger partial charge is 0.467 e. The quantitative estimate of drug-likeness (QED) is 0.748. The molecule has 116 valence electrons. The van der Waals surface area contributed by atoms with Crippen molar-refractivity contribution in [2.45, 2.75) is 6.54 Å². The number of nitrogens with one attached hydrogen (secondary N) is 2. The first-order valence-electron chi connectivity index (χ1n) is 6.87. The lowest BCUT2D eigenvalue weighted by Gasteiger charge is -2.07. The topological polar surface area (TPSA) is 80.0 Å². The standard InChI is InChI=1S/C16H13ClN4O2/c17-11-3-1-4-12(9-11)20-15(22)14-6-7-18-16(21-14)19-10-13-5-2-8-23-13/h1-9H,10H2,(H,20,22)(H,18,19,21). The molecule has 6 nitrogen and oxygen atoms in total. The maximum atomic E-state index is 12.2. The highest BCUT2D eigenvalue weighted by atomic mass is 35.5. The Balaban J connectivity index is 1.67. The molecule has 0 saturated heterocycles. The summed E-state index contributed by atoms with van der Waals surface area (Å²) in [5.74, 6) is 0.762. The molecule has 3 aromatic rings. The van der Waals surface area contributed by atoms with E-state index in [9.17, 15) is 4.79 Å². The molecule has 0 radical (unpaired) electrons. The van der Waals surface area contributed by atoms with Crippen molar-refractivity contribution in [2.75, 3.05) is 10.6 Å². The lowest BCUT2D eigenvalue weighted by molar-refractivity contribution is 0.102. The minimum absolute atomic E-state index is 0.252. The Morgan fingerprint density at radius 2 is 2.13 bits per heavy atom. The molecule has 1 amide bonds. The van der Waals surface area contributed by atoms with E-state index < -0.39 is 0 Å². The van der Waals surface area contributed by atoms with Gasteiger partial charge < -0.3 is 15.1 Å². The maximum Gasteiger partial charge on any atom is 0.274 e. The first-order valence-corrected chi connectivity index (χ1v) is 7.25. The Morgan fingerprint density at radius 1 is 1.22 bits per heavy atom. The van der Waals surface area contributed by atoms with Gasteiger partial charge >= 0.3 is 0 Å². The van der Waals surface area contributed by atoms with Crippen LogP contribution < -0.4 is 10.6 Å². The molecule has 0 bridgehead atoms. The summed E-state index contributed by atoms with van der Waals surface area (Å²) >= 11 is 5.89. The van der Waals surface area contributed by atoms with Crippen molar-refractivity contribution in [3.63, 3.8) is 0 Å². The van der Waals surface area contributed by atoms with Crippen LogP contribution >= 0.6 is 11.6 Å². The Hall–Kier alpha value is -2.86. The summed E-state index contributed by atoms with van der Waals surface area (Å²) in [5.41, 5.74) is 0.855. The molecule has 0 saturated carbocycles. The Bertz CT molecular complexity index is 805. The number of rotatable bonds is 5. The second-order valence-electron chi connectivity index (χ2n) is 4.66. The van der Waals surface area contributed by atoms with Crippen LogP contribution in [0.3, 0.4) is 0 Å². The van der Waals surface area contributed by atoms with Crippen molar-refractivity contribution in [3.05, 3.63) is 71.4 Å². The first kappa shape index (κ1) is 15.1. The molecular formula is C16H13ClN4O2. The Kier molecular flexibility index (Phi) is 4.54. The van der Waals surface area contributed by atoms with Crippen LogP contribution in [0.5, 0.6) is 0 Å². The average Bonchev–Trinajstić information content (AvgIpc) is 3.07. The van der Waals surface area contributed by atoms with E-state index in [-0.39, 0.29) is 11.6 Å². The molecule has 0 aliphatic carbocycles. The van der Waals surface area contributed by atoms with Gasteiger partial charge in [-0.3, -0.25) is 4.79 Å². The van der Waals surface area contributed by atoms with Gasteiger partial charge in [-0.2, -0.15) is 0 Å². The van der Waals surface area contributed by atoms with Crippen molar-refractivity contribution in [1.82, 2.24) is 9.97 Å². The molecule has 0 aliphatic heterocycles. The summed E-state index contributed by atoms with van der Waals surface area (Å²) in [7, 11) is 0. The van der Waals surface area contributed by atoms with Crippen molar-refractivity contribution in [1.29, 1.82) is 0 Å². The molecule has 2 N–H and O–H groups in total. The Labute approximate surface area is 137 Å². The van der Waals surface area contributed by atoms with Crippen LogP contribution in [0.2, 0.25) is 5.02 Å². The molecule has 0 unspecified atom stereocenters. The van der Waals surface area contributed by atoms with Crippen LogP contribution in [0.4, 0.5) is 11.6 Å². The number of carbonyl (C=O) groups is 1. The van der Waals surface area contributed by atoms with Gasteiger partial charge in [-0.25, -0.2) is 9.97 Å². The predicted octanol–water partition coefficient (Wildman–Crippen LogP) is 3.59. The molecule has 23 heavy (non-hydrogen) atoms. The smallest absolute Gasteiger partial charge is 0.274 e. The van der Waals surface area contributed by atoms with E-state index >= 15 is 0 Å². The lowest BCUT2D eigenvalue weighted by Crippen LogP contribution is -2.15. The average molecular weight is 329 g/mol. The van der Waals surface area contributed by atoms with Crippen molar-refractivity contribution >= 4 is 29.1 Å². The van der Waals surface area contributed by atoms with Crippen molar-refractivity contribution in [2.24, 2.45) is 0 Å². The number of nitrogens with zero attached hydrogens (tertiary/aromatic N) is 2. The van der Waals surface area contributed by atoms with Crippen LogP contribution in [0, 0.1) is 0 Å². The molecular weight excluding hydrogens is 316 g/mol. The molecule has 7 heteroatoms. The van der Waals surface area contributed by atoms with E-state index in [1.165, 1.54) is 12.3 Å². The molecule has 0 spiro atoms. The van der Waals surface area contributed by atoms with Gasteiger partial charge in [0.15, 0.2) is 0 Å². The van der Waals surface area contributed by atoms with Crippen molar-refractivity contribution in [3.8, 4) is 0 Å². The normalized spacial score (nSPS) is 10.3. The fraction of sp³-hybridized carbons (Fsp3) is 0.0625. The van der Waals surface area contributed by atoms with Crippen molar-refractivity contribution < 1.29 is 9.21 Å². The maximum absolute atomic E-state index is 12.2. The second-order valence-corrected chi connectivity index (χ2v) is 5.10.